The quantitative estimate of drug-likeness (QED) is 0.256. The molecule has 354 valence electrons. The molecule has 0 bridgehead atoms. The largest absolute Gasteiger partial charge is 0.457 e. The van der Waals surface area contributed by atoms with Crippen molar-refractivity contribution in [1.82, 2.24) is 34.0 Å². The van der Waals surface area contributed by atoms with Crippen molar-refractivity contribution in [2.45, 2.75) is 84.8 Å². The first-order valence-electron chi connectivity index (χ1n) is 22.7. The number of benzene rings is 2. The maximum absolute atomic E-state index is 13.7. The number of esters is 1. The topological polar surface area (TPSA) is 187 Å². The van der Waals surface area contributed by atoms with Gasteiger partial charge in [0.2, 0.25) is 5.91 Å². The first-order valence-corrected chi connectivity index (χ1v) is 22.7. The number of fused-ring (bicyclic) bond motifs is 2. The predicted octanol–water partition coefficient (Wildman–Crippen LogP) is 3.86. The lowest BCUT2D eigenvalue weighted by Gasteiger charge is -2.38. The third-order valence-electron chi connectivity index (χ3n) is 13.2. The van der Waals surface area contributed by atoms with Gasteiger partial charge in [0.25, 0.3) is 5.91 Å². The van der Waals surface area contributed by atoms with Crippen LogP contribution in [0, 0.1) is 12.8 Å². The number of carbonyl (C=O) groups is 6. The molecule has 6 heterocycles. The molecule has 1 N–H and O–H groups in total. The fourth-order valence-electron chi connectivity index (χ4n) is 9.21. The molecule has 4 saturated heterocycles. The number of hydrogen-bond donors (Lipinski definition) is 1. The van der Waals surface area contributed by atoms with E-state index in [9.17, 15) is 33.6 Å². The molecule has 0 saturated carbocycles. The summed E-state index contributed by atoms with van der Waals surface area (Å²) in [6.07, 6.45) is 3.91. The molecule has 1 aromatic heterocycles. The third-order valence-corrected chi connectivity index (χ3v) is 13.2. The number of nitrogens with zero attached hydrogens (tertiary/aromatic N) is 7. The molecule has 2 aromatic carbocycles. The highest BCUT2D eigenvalue weighted by Gasteiger charge is 2.36. The van der Waals surface area contributed by atoms with Gasteiger partial charge in [0.15, 0.2) is 11.7 Å². The average molecular weight is 903 g/mol. The minimum Gasteiger partial charge on any atom is -0.457 e. The maximum atomic E-state index is 13.7. The van der Waals surface area contributed by atoms with Gasteiger partial charge in [-0.3, -0.25) is 19.0 Å². The molecule has 4 fully saturated rings. The van der Waals surface area contributed by atoms with Crippen LogP contribution in [-0.4, -0.2) is 168 Å². The van der Waals surface area contributed by atoms with Crippen LogP contribution in [0.5, 0.6) is 0 Å². The summed E-state index contributed by atoms with van der Waals surface area (Å²) in [5.74, 6) is -1.33. The lowest BCUT2D eigenvalue weighted by atomic mass is 9.99. The summed E-state index contributed by atoms with van der Waals surface area (Å²) in [6.45, 7) is 10.6. The molecule has 0 radical (unpaired) electrons. The van der Waals surface area contributed by atoms with E-state index < -0.39 is 29.8 Å². The van der Waals surface area contributed by atoms with Crippen LogP contribution in [0.4, 0.5) is 15.3 Å². The summed E-state index contributed by atoms with van der Waals surface area (Å²) >= 11 is 0. The maximum Gasteiger partial charge on any atom is 0.419 e. The Labute approximate surface area is 380 Å². The first-order chi connectivity index (χ1) is 30.7. The summed E-state index contributed by atoms with van der Waals surface area (Å²) in [5.41, 5.74) is 4.68. The van der Waals surface area contributed by atoms with Crippen LogP contribution < -0.4 is 11.1 Å². The Hall–Kier alpha value is -5.91. The van der Waals surface area contributed by atoms with Gasteiger partial charge in [-0.25, -0.2) is 19.2 Å². The van der Waals surface area contributed by atoms with E-state index in [1.165, 1.54) is 4.57 Å². The van der Waals surface area contributed by atoms with E-state index in [1.54, 1.807) is 32.7 Å². The minimum absolute atomic E-state index is 0. The Balaban J connectivity index is 0.000000280. The van der Waals surface area contributed by atoms with Crippen LogP contribution >= 0.6 is 0 Å². The van der Waals surface area contributed by atoms with Crippen molar-refractivity contribution in [2.24, 2.45) is 13.0 Å². The summed E-state index contributed by atoms with van der Waals surface area (Å²) in [5, 5.41) is 3.03. The first kappa shape index (κ1) is 48.5. The fraction of sp³-hybridized carbons (Fsp3) is 0.596. The van der Waals surface area contributed by atoms with E-state index in [4.69, 9.17) is 13.9 Å². The second-order valence-electron chi connectivity index (χ2n) is 17.7. The molecule has 65 heavy (non-hydrogen) atoms. The molecule has 0 unspecified atom stereocenters. The van der Waals surface area contributed by atoms with E-state index >= 15 is 0 Å². The van der Waals surface area contributed by atoms with Gasteiger partial charge in [-0.1, -0.05) is 38.6 Å². The van der Waals surface area contributed by atoms with Crippen molar-refractivity contribution in [2.75, 3.05) is 91.0 Å². The van der Waals surface area contributed by atoms with Crippen molar-refractivity contribution in [3.05, 3.63) is 63.6 Å². The van der Waals surface area contributed by atoms with E-state index in [2.05, 4.69) is 17.1 Å². The number of aryl methyl sites for hydroxylation is 2. The summed E-state index contributed by atoms with van der Waals surface area (Å²) in [4.78, 5) is 97.9. The molecule has 3 aromatic rings. The smallest absolute Gasteiger partial charge is 0.419 e. The Morgan fingerprint density at radius 2 is 1.52 bits per heavy atom. The number of para-hydroxylation sites is 1. The van der Waals surface area contributed by atoms with Gasteiger partial charge in [-0.15, -0.1) is 0 Å². The van der Waals surface area contributed by atoms with Crippen LogP contribution in [0.15, 0.2) is 45.6 Å². The number of urea groups is 1. The van der Waals surface area contributed by atoms with Crippen LogP contribution in [0.1, 0.15) is 69.6 Å². The third kappa shape index (κ3) is 11.9. The number of oxazole rings is 1. The van der Waals surface area contributed by atoms with E-state index in [0.717, 1.165) is 61.2 Å². The number of amides is 6. The summed E-state index contributed by atoms with van der Waals surface area (Å²) in [6, 6.07) is 11.4. The zero-order valence-electron chi connectivity index (χ0n) is 37.6. The van der Waals surface area contributed by atoms with Gasteiger partial charge in [-0.2, -0.15) is 0 Å². The summed E-state index contributed by atoms with van der Waals surface area (Å²) < 4.78 is 17.8. The number of piperidine rings is 2. The molecule has 18 nitrogen and oxygen atoms in total. The molecule has 5 aliphatic rings. The van der Waals surface area contributed by atoms with E-state index in [0.29, 0.717) is 95.2 Å². The fourth-order valence-corrected chi connectivity index (χ4v) is 9.21. The molecular weight excluding hydrogens is 837 g/mol. The SMILES string of the molecule is C.CC1CCN(C(=O)C(=O)OCCN2CCCC2=O)CC1.Cc1cc(C[C@@H](OC(=O)N2CCC(N3CCc4ccccc4NC3=O)CC2)C(=O)N2CCN(C)CC2)cc2oc(=O)n(C)c12. The van der Waals surface area contributed by atoms with Gasteiger partial charge in [-0.05, 0) is 87.2 Å². The predicted molar refractivity (Wildman–Crippen MR) is 243 cm³/mol. The van der Waals surface area contributed by atoms with Crippen LogP contribution in [0.2, 0.25) is 0 Å². The average Bonchev–Trinajstić information content (AvgIpc) is 3.77. The number of carbonyl (C=O) groups excluding carboxylic acids is 6. The number of aromatic nitrogens is 1. The number of rotatable bonds is 8. The highest BCUT2D eigenvalue weighted by atomic mass is 16.6. The van der Waals surface area contributed by atoms with Crippen molar-refractivity contribution >= 4 is 52.6 Å². The Bertz CT molecular complexity index is 2250. The number of likely N-dealkylation sites (tertiary alicyclic amines) is 3. The van der Waals surface area contributed by atoms with Gasteiger partial charge in [0.05, 0.1) is 12.1 Å². The van der Waals surface area contributed by atoms with Gasteiger partial charge >= 0.3 is 29.8 Å². The minimum atomic E-state index is -1.02. The number of nitrogens with one attached hydrogen (secondary N) is 1. The molecule has 1 atom stereocenters. The van der Waals surface area contributed by atoms with Crippen molar-refractivity contribution < 1.29 is 42.7 Å². The number of ether oxygens (including phenoxy) is 2. The van der Waals surface area contributed by atoms with Gasteiger partial charge in [0, 0.05) is 97.1 Å². The monoisotopic (exact) mass is 902 g/mol. The van der Waals surface area contributed by atoms with Gasteiger partial charge < -0.3 is 48.6 Å². The zero-order valence-corrected chi connectivity index (χ0v) is 37.6. The zero-order chi connectivity index (χ0) is 45.5. The second-order valence-corrected chi connectivity index (χ2v) is 17.7. The molecule has 5 aliphatic heterocycles. The molecule has 0 spiro atoms. The number of anilines is 1. The lowest BCUT2D eigenvalue weighted by molar-refractivity contribution is -0.161. The van der Waals surface area contributed by atoms with Crippen LogP contribution in [-0.2, 0) is 48.5 Å². The standard InChI is InChI=1S/C32H40N6O6.C14H22N2O4.CH4/c1-21-18-22(19-26-28(21)35(3)31(41)43-26)20-27(29(39)36-16-14-34(2)15-17-36)44-32(42)37-11-9-24(10-12-37)38-13-8-23-6-4-5-7-25(23)33-30(38)40;1-11-4-7-16(8-5-11)13(18)14(19)20-10-9-15-6-2-3-12(15)17;/h4-7,18-19,24,27H,8-17,20H2,1-3H3,(H,33,40);11H,2-10H2,1H3;1H4/t27-;;/m1../s1. The second kappa shape index (κ2) is 21.8. The highest BCUT2D eigenvalue weighted by Crippen LogP contribution is 2.26. The Kier molecular flexibility index (Phi) is 16.3. The van der Waals surface area contributed by atoms with Gasteiger partial charge in [0.1, 0.15) is 6.61 Å². The highest BCUT2D eigenvalue weighted by molar-refractivity contribution is 6.32. The molecular formula is C47H66N8O10. The van der Waals surface area contributed by atoms with Crippen molar-refractivity contribution in [1.29, 1.82) is 0 Å². The molecule has 0 aliphatic carbocycles. The Morgan fingerprint density at radius 3 is 2.22 bits per heavy atom. The molecule has 6 amide bonds. The normalized spacial score (nSPS) is 19.1. The van der Waals surface area contributed by atoms with E-state index in [1.807, 2.05) is 49.2 Å². The van der Waals surface area contributed by atoms with Crippen LogP contribution in [0.25, 0.3) is 11.1 Å². The number of piperazine rings is 1. The number of hydrogen-bond acceptors (Lipinski definition) is 11. The summed E-state index contributed by atoms with van der Waals surface area (Å²) in [7, 11) is 3.67. The lowest BCUT2D eigenvalue weighted by Crippen LogP contribution is -2.53. The Morgan fingerprint density at radius 1 is 0.831 bits per heavy atom. The van der Waals surface area contributed by atoms with Crippen molar-refractivity contribution in [3.63, 3.8) is 0 Å². The molecule has 8 rings (SSSR count). The van der Waals surface area contributed by atoms with E-state index in [-0.39, 0.29) is 44.3 Å². The number of likely N-dealkylation sites (N-methyl/N-ethyl adjacent to an activating group) is 1. The van der Waals surface area contributed by atoms with Crippen molar-refractivity contribution in [3.8, 4) is 0 Å². The molecule has 18 heteroatoms. The van der Waals surface area contributed by atoms with Crippen LogP contribution in [0.3, 0.4) is 0 Å².